The Morgan fingerprint density at radius 2 is 2.03 bits per heavy atom. The number of thiophene rings is 1. The summed E-state index contributed by atoms with van der Waals surface area (Å²) in [5.41, 5.74) is 2.55. The summed E-state index contributed by atoms with van der Waals surface area (Å²) in [6.45, 7) is 0. The van der Waals surface area contributed by atoms with Crippen molar-refractivity contribution in [2.75, 3.05) is 5.75 Å². The first-order chi connectivity index (χ1) is 14.7. The molecule has 1 N–H and O–H groups in total. The molecule has 152 valence electrons. The van der Waals surface area contributed by atoms with Crippen molar-refractivity contribution < 1.29 is 9.21 Å². The number of carbonyl (C=O) groups excluding carboxylic acids is 1. The van der Waals surface area contributed by atoms with Crippen LogP contribution in [0.25, 0.3) is 20.9 Å². The van der Waals surface area contributed by atoms with E-state index in [1.165, 1.54) is 34.2 Å². The van der Waals surface area contributed by atoms with Gasteiger partial charge in [0.1, 0.15) is 4.88 Å². The lowest BCUT2D eigenvalue weighted by molar-refractivity contribution is -0.119. The van der Waals surface area contributed by atoms with Crippen LogP contribution < -0.4 is 5.32 Å². The van der Waals surface area contributed by atoms with E-state index in [0.29, 0.717) is 16.1 Å². The van der Waals surface area contributed by atoms with Crippen molar-refractivity contribution in [3.05, 3.63) is 64.7 Å². The van der Waals surface area contributed by atoms with Gasteiger partial charge in [-0.05, 0) is 36.5 Å². The van der Waals surface area contributed by atoms with Crippen LogP contribution in [0.4, 0.5) is 0 Å². The minimum Gasteiger partial charge on any atom is -0.410 e. The molecule has 0 spiro atoms. The van der Waals surface area contributed by atoms with Gasteiger partial charge in [-0.15, -0.1) is 21.5 Å². The van der Waals surface area contributed by atoms with Gasteiger partial charge < -0.3 is 9.73 Å². The Kier molecular flexibility index (Phi) is 5.50. The van der Waals surface area contributed by atoms with Gasteiger partial charge >= 0.3 is 0 Å². The lowest BCUT2D eigenvalue weighted by Gasteiger charge is -2.26. The van der Waals surface area contributed by atoms with Gasteiger partial charge in [0.2, 0.25) is 5.91 Å². The van der Waals surface area contributed by atoms with E-state index in [2.05, 4.69) is 33.7 Å². The maximum Gasteiger partial charge on any atom is 0.277 e. The zero-order valence-electron chi connectivity index (χ0n) is 15.9. The van der Waals surface area contributed by atoms with Gasteiger partial charge in [0, 0.05) is 10.1 Å². The molecule has 5 nitrogen and oxygen atoms in total. The van der Waals surface area contributed by atoms with Crippen molar-refractivity contribution in [2.45, 2.75) is 30.5 Å². The molecule has 0 aliphatic heterocycles. The summed E-state index contributed by atoms with van der Waals surface area (Å²) in [7, 11) is 0. The summed E-state index contributed by atoms with van der Waals surface area (Å²) in [6, 6.07) is 16.3. The fourth-order valence-corrected chi connectivity index (χ4v) is 5.79. The third-order valence-electron chi connectivity index (χ3n) is 5.17. The summed E-state index contributed by atoms with van der Waals surface area (Å²) < 4.78 is 6.83. The molecule has 1 aliphatic rings. The number of carbonyl (C=O) groups is 1. The summed E-state index contributed by atoms with van der Waals surface area (Å²) in [6.07, 6.45) is 3.11. The average molecular weight is 456 g/mol. The van der Waals surface area contributed by atoms with E-state index in [0.717, 1.165) is 34.2 Å². The second-order valence-electron chi connectivity index (χ2n) is 7.11. The number of nitrogens with one attached hydrogen (secondary N) is 1. The highest BCUT2D eigenvalue weighted by Crippen LogP contribution is 2.41. The summed E-state index contributed by atoms with van der Waals surface area (Å²) in [4.78, 5) is 13.3. The highest BCUT2D eigenvalue weighted by Gasteiger charge is 2.22. The third kappa shape index (κ3) is 3.85. The number of hydrogen-bond acceptors (Lipinski definition) is 6. The number of halogens is 1. The molecule has 1 amide bonds. The molecule has 1 atom stereocenters. The molecular formula is C22H18ClN3O2S2. The van der Waals surface area contributed by atoms with Crippen molar-refractivity contribution in [3.8, 4) is 10.8 Å². The van der Waals surface area contributed by atoms with Crippen LogP contribution >= 0.6 is 34.7 Å². The van der Waals surface area contributed by atoms with Crippen molar-refractivity contribution in [3.63, 3.8) is 0 Å². The molecule has 2 heterocycles. The first kappa shape index (κ1) is 19.6. The summed E-state index contributed by atoms with van der Waals surface area (Å²) in [5.74, 6) is 0.562. The molecule has 5 rings (SSSR count). The largest absolute Gasteiger partial charge is 0.410 e. The first-order valence-corrected chi connectivity index (χ1v) is 11.9. The minimum atomic E-state index is -0.0404. The number of nitrogens with zero attached hydrogens (tertiary/aromatic N) is 2. The van der Waals surface area contributed by atoms with Crippen LogP contribution in [-0.2, 0) is 11.2 Å². The smallest absolute Gasteiger partial charge is 0.277 e. The number of benzene rings is 2. The predicted octanol–water partition coefficient (Wildman–Crippen LogP) is 5.89. The van der Waals surface area contributed by atoms with Gasteiger partial charge in [0.25, 0.3) is 11.1 Å². The number of amides is 1. The van der Waals surface area contributed by atoms with Crippen LogP contribution in [0.1, 0.15) is 30.0 Å². The van der Waals surface area contributed by atoms with E-state index in [-0.39, 0.29) is 17.7 Å². The maximum atomic E-state index is 12.5. The van der Waals surface area contributed by atoms with E-state index in [4.69, 9.17) is 16.0 Å². The van der Waals surface area contributed by atoms with Gasteiger partial charge in [-0.2, -0.15) is 0 Å². The van der Waals surface area contributed by atoms with E-state index in [9.17, 15) is 4.79 Å². The van der Waals surface area contributed by atoms with Gasteiger partial charge in [0.15, 0.2) is 0 Å². The molecule has 2 aromatic carbocycles. The lowest BCUT2D eigenvalue weighted by atomic mass is 9.88. The molecule has 2 aromatic heterocycles. The number of hydrogen-bond donors (Lipinski definition) is 1. The van der Waals surface area contributed by atoms with E-state index in [1.807, 2.05) is 30.3 Å². The molecule has 0 saturated heterocycles. The van der Waals surface area contributed by atoms with Crippen LogP contribution in [0.5, 0.6) is 0 Å². The molecule has 4 aromatic rings. The molecular weight excluding hydrogens is 438 g/mol. The highest BCUT2D eigenvalue weighted by atomic mass is 35.5. The lowest BCUT2D eigenvalue weighted by Crippen LogP contribution is -2.32. The SMILES string of the molecule is O=C(CSc1nnc(-c2sc3ccccc3c2Cl)o1)N[C@@H]1CCCc2ccccc21. The Morgan fingerprint density at radius 3 is 2.93 bits per heavy atom. The van der Waals surface area contributed by atoms with Crippen LogP contribution in [0.2, 0.25) is 5.02 Å². The molecule has 0 radical (unpaired) electrons. The second-order valence-corrected chi connectivity index (χ2v) is 9.47. The first-order valence-electron chi connectivity index (χ1n) is 9.70. The molecule has 8 heteroatoms. The Balaban J connectivity index is 1.24. The van der Waals surface area contributed by atoms with Gasteiger partial charge in [-0.25, -0.2) is 0 Å². The number of aromatic nitrogens is 2. The van der Waals surface area contributed by atoms with Crippen LogP contribution in [0, 0.1) is 0 Å². The van der Waals surface area contributed by atoms with E-state index >= 15 is 0 Å². The van der Waals surface area contributed by atoms with E-state index in [1.54, 1.807) is 0 Å². The maximum absolute atomic E-state index is 12.5. The van der Waals surface area contributed by atoms with Crippen molar-refractivity contribution in [1.29, 1.82) is 0 Å². The number of aryl methyl sites for hydroxylation is 1. The molecule has 0 unspecified atom stereocenters. The third-order valence-corrected chi connectivity index (χ3v) is 7.65. The van der Waals surface area contributed by atoms with Crippen LogP contribution in [0.15, 0.2) is 58.2 Å². The Hall–Kier alpha value is -2.35. The predicted molar refractivity (Wildman–Crippen MR) is 121 cm³/mol. The molecule has 30 heavy (non-hydrogen) atoms. The molecule has 0 fully saturated rings. The second kappa shape index (κ2) is 8.41. The quantitative estimate of drug-likeness (QED) is 0.380. The molecule has 0 saturated carbocycles. The molecule has 1 aliphatic carbocycles. The minimum absolute atomic E-state index is 0.0404. The standard InChI is InChI=1S/C22H18ClN3O2S2/c23-19-15-9-3-4-11-17(15)30-20(19)21-25-26-22(28-21)29-12-18(27)24-16-10-5-7-13-6-1-2-8-14(13)16/h1-4,6,8-9,11,16H,5,7,10,12H2,(H,24,27)/t16-/m1/s1. The summed E-state index contributed by atoms with van der Waals surface area (Å²) >= 11 is 9.24. The average Bonchev–Trinajstić information content (AvgIpc) is 3.37. The highest BCUT2D eigenvalue weighted by molar-refractivity contribution is 7.99. The van der Waals surface area contributed by atoms with Crippen LogP contribution in [0.3, 0.4) is 0 Å². The summed E-state index contributed by atoms with van der Waals surface area (Å²) in [5, 5.41) is 13.3. The van der Waals surface area contributed by atoms with Crippen molar-refractivity contribution in [1.82, 2.24) is 15.5 Å². The van der Waals surface area contributed by atoms with Crippen LogP contribution in [-0.4, -0.2) is 21.9 Å². The number of rotatable bonds is 5. The van der Waals surface area contributed by atoms with Gasteiger partial charge in [-0.1, -0.05) is 65.8 Å². The fourth-order valence-electron chi connectivity index (χ4n) is 3.78. The van der Waals surface area contributed by atoms with Crippen molar-refractivity contribution >= 4 is 50.7 Å². The normalized spacial score (nSPS) is 15.8. The van der Waals surface area contributed by atoms with E-state index < -0.39 is 0 Å². The van der Waals surface area contributed by atoms with Gasteiger partial charge in [0.05, 0.1) is 16.8 Å². The zero-order valence-corrected chi connectivity index (χ0v) is 18.3. The molecule has 0 bridgehead atoms. The van der Waals surface area contributed by atoms with Crippen molar-refractivity contribution in [2.24, 2.45) is 0 Å². The Morgan fingerprint density at radius 1 is 1.20 bits per heavy atom. The Bertz CT molecular complexity index is 1220. The van der Waals surface area contributed by atoms with Gasteiger partial charge in [-0.3, -0.25) is 4.79 Å². The number of thioether (sulfide) groups is 1. The fraction of sp³-hybridized carbons (Fsp3) is 0.227. The monoisotopic (exact) mass is 455 g/mol. The zero-order chi connectivity index (χ0) is 20.5. The Labute approximate surface area is 186 Å². The topological polar surface area (TPSA) is 68.0 Å². The number of fused-ring (bicyclic) bond motifs is 2.